The lowest BCUT2D eigenvalue weighted by Crippen LogP contribution is -2.02. The van der Waals surface area contributed by atoms with Gasteiger partial charge in [-0.3, -0.25) is 0 Å². The van der Waals surface area contributed by atoms with Crippen molar-refractivity contribution in [3.63, 3.8) is 0 Å². The molecule has 0 radical (unpaired) electrons. The smallest absolute Gasteiger partial charge is 0.238 e. The number of hydrogen-bond donors (Lipinski definition) is 1. The summed E-state index contributed by atoms with van der Waals surface area (Å²) < 4.78 is 7.11. The summed E-state index contributed by atoms with van der Waals surface area (Å²) in [5.41, 5.74) is 5.48. The Morgan fingerprint density at radius 1 is 1.53 bits per heavy atom. The summed E-state index contributed by atoms with van der Waals surface area (Å²) in [5, 5.41) is 3.95. The summed E-state index contributed by atoms with van der Waals surface area (Å²) in [4.78, 5) is 8.54. The van der Waals surface area contributed by atoms with Crippen LogP contribution < -0.4 is 5.73 Å². The van der Waals surface area contributed by atoms with Crippen LogP contribution in [0.15, 0.2) is 16.9 Å². The zero-order chi connectivity index (χ0) is 12.3. The van der Waals surface area contributed by atoms with E-state index in [1.165, 1.54) is 0 Å². The Hall–Kier alpha value is -1.69. The fourth-order valence-electron chi connectivity index (χ4n) is 1.65. The van der Waals surface area contributed by atoms with Crippen molar-refractivity contribution in [2.24, 2.45) is 12.8 Å². The Labute approximate surface area is 99.8 Å². The molecule has 0 saturated heterocycles. The zero-order valence-corrected chi connectivity index (χ0v) is 10.1. The zero-order valence-electron chi connectivity index (χ0n) is 10.1. The first-order valence-electron chi connectivity index (χ1n) is 5.73. The van der Waals surface area contributed by atoms with Gasteiger partial charge in [-0.25, -0.2) is 4.98 Å². The molecule has 0 amide bonds. The minimum atomic E-state index is 0.236. The normalized spacial score (nSPS) is 12.9. The van der Waals surface area contributed by atoms with Crippen molar-refractivity contribution in [2.45, 2.75) is 25.7 Å². The summed E-state index contributed by atoms with van der Waals surface area (Å²) in [6.45, 7) is 2.75. The van der Waals surface area contributed by atoms with Gasteiger partial charge in [0.15, 0.2) is 5.82 Å². The molecule has 0 aromatic carbocycles. The summed E-state index contributed by atoms with van der Waals surface area (Å²) in [6.07, 6.45) is 5.48. The van der Waals surface area contributed by atoms with E-state index in [0.717, 1.165) is 12.8 Å². The third-order valence-corrected chi connectivity index (χ3v) is 2.73. The highest BCUT2D eigenvalue weighted by molar-refractivity contribution is 5.42. The van der Waals surface area contributed by atoms with E-state index in [9.17, 15) is 0 Å². The van der Waals surface area contributed by atoms with Crippen molar-refractivity contribution in [3.8, 4) is 11.6 Å². The van der Waals surface area contributed by atoms with Crippen LogP contribution in [0, 0.1) is 0 Å². The van der Waals surface area contributed by atoms with Gasteiger partial charge < -0.3 is 14.8 Å². The Bertz CT molecular complexity index is 476. The van der Waals surface area contributed by atoms with Gasteiger partial charge in [-0.1, -0.05) is 12.1 Å². The molecule has 1 atom stereocenters. The minimum Gasteiger partial charge on any atom is -0.339 e. The molecule has 2 aromatic heterocycles. The molecule has 0 spiro atoms. The maximum absolute atomic E-state index is 5.48. The number of nitrogens with zero attached hydrogens (tertiary/aromatic N) is 4. The molecule has 2 N–H and O–H groups in total. The lowest BCUT2D eigenvalue weighted by Gasteiger charge is -2.03. The van der Waals surface area contributed by atoms with E-state index in [1.807, 2.05) is 17.8 Å². The molecule has 0 saturated carbocycles. The highest BCUT2D eigenvalue weighted by Crippen LogP contribution is 2.21. The third-order valence-electron chi connectivity index (χ3n) is 2.73. The van der Waals surface area contributed by atoms with Crippen LogP contribution in [0.2, 0.25) is 0 Å². The van der Waals surface area contributed by atoms with Crippen molar-refractivity contribution in [1.82, 2.24) is 19.7 Å². The van der Waals surface area contributed by atoms with Crippen molar-refractivity contribution >= 4 is 0 Å². The van der Waals surface area contributed by atoms with Gasteiger partial charge in [0.1, 0.15) is 0 Å². The monoisotopic (exact) mass is 235 g/mol. The molecular formula is C11H17N5O. The second-order valence-electron chi connectivity index (χ2n) is 4.15. The topological polar surface area (TPSA) is 82.8 Å². The van der Waals surface area contributed by atoms with E-state index in [-0.39, 0.29) is 5.92 Å². The second kappa shape index (κ2) is 5.09. The van der Waals surface area contributed by atoms with E-state index in [0.29, 0.717) is 24.1 Å². The first kappa shape index (κ1) is 11.8. The van der Waals surface area contributed by atoms with Gasteiger partial charge in [0.25, 0.3) is 0 Å². The van der Waals surface area contributed by atoms with Crippen molar-refractivity contribution in [3.05, 3.63) is 18.3 Å². The van der Waals surface area contributed by atoms with Crippen LogP contribution in [0.4, 0.5) is 0 Å². The van der Waals surface area contributed by atoms with Crippen LogP contribution in [-0.2, 0) is 7.05 Å². The van der Waals surface area contributed by atoms with E-state index in [4.69, 9.17) is 10.3 Å². The van der Waals surface area contributed by atoms with E-state index in [1.54, 1.807) is 6.20 Å². The first-order valence-corrected chi connectivity index (χ1v) is 5.73. The predicted molar refractivity (Wildman–Crippen MR) is 63.2 cm³/mol. The van der Waals surface area contributed by atoms with Crippen molar-refractivity contribution < 1.29 is 4.52 Å². The molecule has 0 aliphatic heterocycles. The van der Waals surface area contributed by atoms with Crippen LogP contribution in [0.3, 0.4) is 0 Å². The van der Waals surface area contributed by atoms with E-state index in [2.05, 4.69) is 22.0 Å². The van der Waals surface area contributed by atoms with Crippen LogP contribution in [0.1, 0.15) is 31.6 Å². The molecule has 2 rings (SSSR count). The Morgan fingerprint density at radius 3 is 3.00 bits per heavy atom. The maximum atomic E-state index is 5.48. The van der Waals surface area contributed by atoms with Gasteiger partial charge in [0.2, 0.25) is 11.7 Å². The average molecular weight is 235 g/mol. The molecule has 0 aliphatic carbocycles. The number of aryl methyl sites for hydroxylation is 1. The van der Waals surface area contributed by atoms with Gasteiger partial charge >= 0.3 is 0 Å². The SMILES string of the molecule is CC(CCCN)c1nc(-c2nccn2C)no1. The molecular weight excluding hydrogens is 218 g/mol. The molecule has 0 bridgehead atoms. The molecule has 2 heterocycles. The Kier molecular flexibility index (Phi) is 3.53. The van der Waals surface area contributed by atoms with Crippen molar-refractivity contribution in [2.75, 3.05) is 6.54 Å². The quantitative estimate of drug-likeness (QED) is 0.844. The number of hydrogen-bond acceptors (Lipinski definition) is 5. The number of imidazole rings is 1. The highest BCUT2D eigenvalue weighted by atomic mass is 16.5. The van der Waals surface area contributed by atoms with Crippen LogP contribution in [0.5, 0.6) is 0 Å². The summed E-state index contributed by atoms with van der Waals surface area (Å²) in [7, 11) is 1.90. The van der Waals surface area contributed by atoms with Crippen LogP contribution >= 0.6 is 0 Å². The fraction of sp³-hybridized carbons (Fsp3) is 0.545. The number of nitrogens with two attached hydrogens (primary N) is 1. The standard InChI is InChI=1S/C11H17N5O/c1-8(4-3-5-12)11-14-9(15-17-11)10-13-6-7-16(10)2/h6-8H,3-5,12H2,1-2H3. The lowest BCUT2D eigenvalue weighted by atomic mass is 10.1. The molecule has 0 fully saturated rings. The lowest BCUT2D eigenvalue weighted by molar-refractivity contribution is 0.352. The van der Waals surface area contributed by atoms with Crippen LogP contribution in [-0.4, -0.2) is 26.2 Å². The Morgan fingerprint density at radius 2 is 2.35 bits per heavy atom. The average Bonchev–Trinajstić information content (AvgIpc) is 2.93. The Balaban J connectivity index is 2.13. The molecule has 92 valence electrons. The molecule has 0 aliphatic rings. The largest absolute Gasteiger partial charge is 0.339 e. The molecule has 2 aromatic rings. The van der Waals surface area contributed by atoms with Gasteiger partial charge in [0, 0.05) is 25.4 Å². The highest BCUT2D eigenvalue weighted by Gasteiger charge is 2.16. The van der Waals surface area contributed by atoms with E-state index < -0.39 is 0 Å². The summed E-state index contributed by atoms with van der Waals surface area (Å²) >= 11 is 0. The number of rotatable bonds is 5. The van der Waals surface area contributed by atoms with Gasteiger partial charge in [-0.05, 0) is 19.4 Å². The summed E-state index contributed by atoms with van der Waals surface area (Å²) in [5.74, 6) is 2.13. The second-order valence-corrected chi connectivity index (χ2v) is 4.15. The van der Waals surface area contributed by atoms with Gasteiger partial charge in [0.05, 0.1) is 0 Å². The third kappa shape index (κ3) is 2.52. The first-order chi connectivity index (χ1) is 8.22. The molecule has 17 heavy (non-hydrogen) atoms. The maximum Gasteiger partial charge on any atom is 0.238 e. The summed E-state index contributed by atoms with van der Waals surface area (Å²) in [6, 6.07) is 0. The fourth-order valence-corrected chi connectivity index (χ4v) is 1.65. The molecule has 6 heteroatoms. The van der Waals surface area contributed by atoms with Gasteiger partial charge in [-0.2, -0.15) is 4.98 Å². The minimum absolute atomic E-state index is 0.236. The van der Waals surface area contributed by atoms with Crippen molar-refractivity contribution in [1.29, 1.82) is 0 Å². The molecule has 1 unspecified atom stereocenters. The van der Waals surface area contributed by atoms with Crippen LogP contribution in [0.25, 0.3) is 11.6 Å². The van der Waals surface area contributed by atoms with Gasteiger partial charge in [-0.15, -0.1) is 0 Å². The molecule has 6 nitrogen and oxygen atoms in total. The number of aromatic nitrogens is 4. The predicted octanol–water partition coefficient (Wildman–Crippen LogP) is 1.31. The van der Waals surface area contributed by atoms with E-state index >= 15 is 0 Å².